The molecule has 2 saturated heterocycles. The number of hydrogen-bond acceptors (Lipinski definition) is 6. The van der Waals surface area contributed by atoms with E-state index in [0.29, 0.717) is 49.1 Å². The van der Waals surface area contributed by atoms with Crippen molar-refractivity contribution in [2.24, 2.45) is 0 Å². The number of methoxy groups -OCH3 is 1. The van der Waals surface area contributed by atoms with Gasteiger partial charge >= 0.3 is 6.09 Å². The maximum Gasteiger partial charge on any atom is 0.414 e. The number of carbonyl (C=O) groups is 1. The highest BCUT2D eigenvalue weighted by Crippen LogP contribution is 2.28. The lowest BCUT2D eigenvalue weighted by molar-refractivity contribution is 0.142. The van der Waals surface area contributed by atoms with Gasteiger partial charge in [-0.2, -0.15) is 0 Å². The van der Waals surface area contributed by atoms with Crippen LogP contribution in [0.25, 0.3) is 0 Å². The van der Waals surface area contributed by atoms with Crippen molar-refractivity contribution < 1.29 is 22.9 Å². The molecule has 26 heavy (non-hydrogen) atoms. The minimum absolute atomic E-state index is 0.220. The summed E-state index contributed by atoms with van der Waals surface area (Å²) in [6, 6.07) is 4.68. The number of hydrogen-bond donors (Lipinski definition) is 1. The van der Waals surface area contributed by atoms with E-state index >= 15 is 0 Å². The lowest BCUT2D eigenvalue weighted by Gasteiger charge is -2.29. The van der Waals surface area contributed by atoms with Gasteiger partial charge in [0.15, 0.2) is 0 Å². The highest BCUT2D eigenvalue weighted by molar-refractivity contribution is 7.85. The van der Waals surface area contributed by atoms with Crippen LogP contribution >= 0.6 is 12.2 Å². The first kappa shape index (κ1) is 18.8. The fourth-order valence-electron chi connectivity index (χ4n) is 2.91. The minimum atomic E-state index is -0.820. The molecule has 10 heteroatoms. The summed E-state index contributed by atoms with van der Waals surface area (Å²) in [4.78, 5) is 15.3. The number of cyclic esters (lactones) is 1. The molecule has 7 nitrogen and oxygen atoms in total. The van der Waals surface area contributed by atoms with Gasteiger partial charge in [0, 0.05) is 35.4 Å². The molecule has 2 fully saturated rings. The second-order valence-corrected chi connectivity index (χ2v) is 8.03. The van der Waals surface area contributed by atoms with Crippen LogP contribution < -0.4 is 15.1 Å². The van der Waals surface area contributed by atoms with E-state index in [1.807, 2.05) is 4.90 Å². The van der Waals surface area contributed by atoms with Gasteiger partial charge in [-0.1, -0.05) is 0 Å². The van der Waals surface area contributed by atoms with Gasteiger partial charge < -0.3 is 19.7 Å². The Morgan fingerprint density at radius 2 is 2.19 bits per heavy atom. The Kier molecular flexibility index (Phi) is 5.92. The van der Waals surface area contributed by atoms with E-state index in [2.05, 4.69) is 5.32 Å². The molecule has 1 aromatic rings. The van der Waals surface area contributed by atoms with Crippen molar-refractivity contribution in [2.75, 3.05) is 54.6 Å². The van der Waals surface area contributed by atoms with Crippen LogP contribution in [0.3, 0.4) is 0 Å². The van der Waals surface area contributed by atoms with Crippen LogP contribution in [0.4, 0.5) is 20.6 Å². The van der Waals surface area contributed by atoms with E-state index in [-0.39, 0.29) is 5.17 Å². The SMILES string of the molecule is COC(=S)NC[C@H]1CN(c2ccc(N3CCS(=O)CC3)c(F)c2)C(=O)O1. The third kappa shape index (κ3) is 4.24. The lowest BCUT2D eigenvalue weighted by atomic mass is 10.2. The standard InChI is InChI=1S/C16H20FN3O4S2/c1-23-15(25)18-9-12-10-20(16(21)24-12)11-2-3-14(13(17)8-11)19-4-6-26(22)7-5-19/h2-3,8,12H,4-7,9-10H2,1H3,(H,18,25)/t12-/m0/s1. The van der Waals surface area contributed by atoms with Gasteiger partial charge in [0.2, 0.25) is 0 Å². The second kappa shape index (κ2) is 8.17. The van der Waals surface area contributed by atoms with Crippen LogP contribution in [0.15, 0.2) is 18.2 Å². The maximum absolute atomic E-state index is 14.6. The molecule has 0 aromatic heterocycles. The van der Waals surface area contributed by atoms with Crippen molar-refractivity contribution in [1.29, 1.82) is 0 Å². The van der Waals surface area contributed by atoms with Gasteiger partial charge in [-0.15, -0.1) is 0 Å². The average Bonchev–Trinajstić information content (AvgIpc) is 3.01. The van der Waals surface area contributed by atoms with Crippen molar-refractivity contribution in [3.63, 3.8) is 0 Å². The number of nitrogens with one attached hydrogen (secondary N) is 1. The Bertz CT molecular complexity index is 723. The number of rotatable bonds is 4. The van der Waals surface area contributed by atoms with Crippen molar-refractivity contribution in [3.05, 3.63) is 24.0 Å². The lowest BCUT2D eigenvalue weighted by Crippen LogP contribution is -2.38. The molecule has 0 spiro atoms. The van der Waals surface area contributed by atoms with Crippen molar-refractivity contribution in [3.8, 4) is 0 Å². The summed E-state index contributed by atoms with van der Waals surface area (Å²) in [7, 11) is 0.631. The molecule has 142 valence electrons. The molecule has 1 amide bonds. The molecular formula is C16H20FN3O4S2. The summed E-state index contributed by atoms with van der Waals surface area (Å²) < 4.78 is 36.1. The van der Waals surface area contributed by atoms with E-state index in [4.69, 9.17) is 21.7 Å². The number of anilines is 2. The Balaban J connectivity index is 1.66. The van der Waals surface area contributed by atoms with Gasteiger partial charge in [-0.05, 0) is 30.4 Å². The number of nitrogens with zero attached hydrogens (tertiary/aromatic N) is 2. The Hall–Kier alpha value is -1.94. The summed E-state index contributed by atoms with van der Waals surface area (Å²) in [5, 5.41) is 3.05. The van der Waals surface area contributed by atoms with E-state index in [1.165, 1.54) is 18.1 Å². The topological polar surface area (TPSA) is 71.1 Å². The molecule has 1 aromatic carbocycles. The quantitative estimate of drug-likeness (QED) is 0.761. The number of halogens is 1. The largest absolute Gasteiger partial charge is 0.474 e. The van der Waals surface area contributed by atoms with Crippen LogP contribution in [0.5, 0.6) is 0 Å². The molecule has 0 saturated carbocycles. The minimum Gasteiger partial charge on any atom is -0.474 e. The maximum atomic E-state index is 14.6. The molecule has 2 aliphatic rings. The predicted octanol–water partition coefficient (Wildman–Crippen LogP) is 1.24. The van der Waals surface area contributed by atoms with Gasteiger partial charge in [0.1, 0.15) is 11.9 Å². The first-order valence-electron chi connectivity index (χ1n) is 8.17. The van der Waals surface area contributed by atoms with E-state index in [0.717, 1.165) is 0 Å². The van der Waals surface area contributed by atoms with Gasteiger partial charge in [0.25, 0.3) is 5.17 Å². The van der Waals surface area contributed by atoms with Gasteiger partial charge in [0.05, 0.1) is 31.6 Å². The molecule has 0 unspecified atom stereocenters. The summed E-state index contributed by atoms with van der Waals surface area (Å²) >= 11 is 4.88. The fraction of sp³-hybridized carbons (Fsp3) is 0.500. The zero-order valence-electron chi connectivity index (χ0n) is 14.3. The molecule has 1 N–H and O–H groups in total. The second-order valence-electron chi connectivity index (χ2n) is 5.96. The van der Waals surface area contributed by atoms with Gasteiger partial charge in [-0.25, -0.2) is 9.18 Å². The molecule has 0 bridgehead atoms. The van der Waals surface area contributed by atoms with E-state index < -0.39 is 28.8 Å². The third-order valence-electron chi connectivity index (χ3n) is 4.29. The van der Waals surface area contributed by atoms with E-state index in [1.54, 1.807) is 12.1 Å². The zero-order chi connectivity index (χ0) is 18.7. The first-order chi connectivity index (χ1) is 12.5. The summed E-state index contributed by atoms with van der Waals surface area (Å²) in [6.07, 6.45) is -0.934. The van der Waals surface area contributed by atoms with Crippen LogP contribution in [0, 0.1) is 5.82 Å². The third-order valence-corrected chi connectivity index (χ3v) is 5.88. The number of ether oxygens (including phenoxy) is 2. The molecule has 2 heterocycles. The summed E-state index contributed by atoms with van der Waals surface area (Å²) in [5.74, 6) is 0.667. The van der Waals surface area contributed by atoms with E-state index in [9.17, 15) is 13.4 Å². The van der Waals surface area contributed by atoms with Crippen LogP contribution in [-0.2, 0) is 20.3 Å². The number of thiocarbonyl (C=S) groups is 1. The van der Waals surface area contributed by atoms with Crippen molar-refractivity contribution in [2.45, 2.75) is 6.10 Å². The average molecular weight is 401 g/mol. The first-order valence-corrected chi connectivity index (χ1v) is 10.1. The summed E-state index contributed by atoms with van der Waals surface area (Å²) in [6.45, 7) is 1.73. The monoisotopic (exact) mass is 401 g/mol. The highest BCUT2D eigenvalue weighted by Gasteiger charge is 2.33. The predicted molar refractivity (Wildman–Crippen MR) is 102 cm³/mol. The molecule has 1 atom stereocenters. The van der Waals surface area contributed by atoms with Crippen LogP contribution in [-0.4, -0.2) is 66.4 Å². The zero-order valence-corrected chi connectivity index (χ0v) is 15.9. The molecular weight excluding hydrogens is 381 g/mol. The van der Waals surface area contributed by atoms with Crippen LogP contribution in [0.1, 0.15) is 0 Å². The molecule has 0 aliphatic carbocycles. The van der Waals surface area contributed by atoms with Crippen molar-refractivity contribution in [1.82, 2.24) is 5.32 Å². The number of benzene rings is 1. The van der Waals surface area contributed by atoms with Gasteiger partial charge in [-0.3, -0.25) is 9.11 Å². The summed E-state index contributed by atoms with van der Waals surface area (Å²) in [5.41, 5.74) is 0.898. The Morgan fingerprint density at radius 3 is 2.85 bits per heavy atom. The smallest absolute Gasteiger partial charge is 0.414 e. The molecule has 0 radical (unpaired) electrons. The normalized spacial score (nSPS) is 20.8. The highest BCUT2D eigenvalue weighted by atomic mass is 32.2. The molecule has 2 aliphatic heterocycles. The Labute approximate surface area is 158 Å². The number of carbonyl (C=O) groups excluding carboxylic acids is 1. The van der Waals surface area contributed by atoms with Crippen LogP contribution in [0.2, 0.25) is 0 Å². The number of amides is 1. The molecule has 3 rings (SSSR count). The van der Waals surface area contributed by atoms with Crippen molar-refractivity contribution >= 4 is 45.7 Å². The fourth-order valence-corrected chi connectivity index (χ4v) is 4.04. The Morgan fingerprint density at radius 1 is 1.46 bits per heavy atom.